The number of carbonyl (C=O) groups excluding carboxylic acids is 1. The first kappa shape index (κ1) is 18.0. The van der Waals surface area contributed by atoms with E-state index in [1.54, 1.807) is 7.11 Å². The predicted octanol–water partition coefficient (Wildman–Crippen LogP) is 2.76. The van der Waals surface area contributed by atoms with E-state index in [4.69, 9.17) is 4.74 Å². The number of methoxy groups -OCH3 is 1. The summed E-state index contributed by atoms with van der Waals surface area (Å²) in [5, 5.41) is 7.61. The molecule has 4 rings (SSSR count). The Hall–Kier alpha value is -2.34. The van der Waals surface area contributed by atoms with Gasteiger partial charge in [0.25, 0.3) is 0 Å². The van der Waals surface area contributed by atoms with Crippen molar-refractivity contribution in [3.63, 3.8) is 0 Å². The molecule has 1 saturated carbocycles. The van der Waals surface area contributed by atoms with E-state index in [2.05, 4.69) is 38.2 Å². The van der Waals surface area contributed by atoms with Crippen LogP contribution in [0.1, 0.15) is 43.0 Å². The Kier molecular flexibility index (Phi) is 5.43. The molecule has 1 aliphatic heterocycles. The zero-order chi connectivity index (χ0) is 18.6. The summed E-state index contributed by atoms with van der Waals surface area (Å²) in [6.07, 6.45) is 5.91. The van der Waals surface area contributed by atoms with Gasteiger partial charge in [0.15, 0.2) is 0 Å². The molecule has 144 valence electrons. The molecule has 1 aromatic carbocycles. The van der Waals surface area contributed by atoms with E-state index in [0.29, 0.717) is 24.9 Å². The largest absolute Gasteiger partial charge is 0.497 e. The number of ether oxygens (including phenoxy) is 1. The highest BCUT2D eigenvalue weighted by Gasteiger charge is 2.26. The van der Waals surface area contributed by atoms with Crippen molar-refractivity contribution in [2.24, 2.45) is 5.92 Å². The first-order valence-electron chi connectivity index (χ1n) is 9.85. The van der Waals surface area contributed by atoms with E-state index < -0.39 is 0 Å². The van der Waals surface area contributed by atoms with Gasteiger partial charge in [0.2, 0.25) is 5.91 Å². The van der Waals surface area contributed by atoms with Crippen LogP contribution in [0, 0.1) is 5.92 Å². The van der Waals surface area contributed by atoms with Gasteiger partial charge in [0.1, 0.15) is 5.75 Å². The van der Waals surface area contributed by atoms with Gasteiger partial charge >= 0.3 is 0 Å². The van der Waals surface area contributed by atoms with Crippen LogP contribution in [0.15, 0.2) is 36.5 Å². The molecule has 1 atom stereocenters. The molecule has 27 heavy (non-hydrogen) atoms. The van der Waals surface area contributed by atoms with Gasteiger partial charge in [0.05, 0.1) is 18.8 Å². The van der Waals surface area contributed by atoms with Crippen LogP contribution < -0.4 is 10.1 Å². The van der Waals surface area contributed by atoms with Crippen molar-refractivity contribution in [1.82, 2.24) is 20.0 Å². The van der Waals surface area contributed by atoms with Gasteiger partial charge in [-0.2, -0.15) is 5.10 Å². The molecule has 0 bridgehead atoms. The fourth-order valence-corrected chi connectivity index (χ4v) is 3.82. The molecule has 1 aliphatic carbocycles. The molecule has 1 fully saturated rings. The SMILES string of the molecule is COc1ccc(CN2Cc3ccnn3C(CCNC(=O)CC3CC3)C2)cc1. The van der Waals surface area contributed by atoms with Crippen molar-refractivity contribution in [3.05, 3.63) is 47.8 Å². The number of nitrogens with one attached hydrogen (secondary N) is 1. The van der Waals surface area contributed by atoms with Gasteiger partial charge in [-0.05, 0) is 48.9 Å². The molecular formula is C21H28N4O2. The van der Waals surface area contributed by atoms with Crippen molar-refractivity contribution in [2.45, 2.75) is 44.8 Å². The molecule has 1 amide bonds. The Morgan fingerprint density at radius 3 is 2.81 bits per heavy atom. The van der Waals surface area contributed by atoms with Crippen LogP contribution in [0.3, 0.4) is 0 Å². The molecule has 1 N–H and O–H groups in total. The van der Waals surface area contributed by atoms with Crippen LogP contribution in [0.2, 0.25) is 0 Å². The molecule has 6 nitrogen and oxygen atoms in total. The summed E-state index contributed by atoms with van der Waals surface area (Å²) < 4.78 is 7.38. The van der Waals surface area contributed by atoms with Gasteiger partial charge in [0, 0.05) is 38.8 Å². The lowest BCUT2D eigenvalue weighted by molar-refractivity contribution is -0.121. The molecule has 6 heteroatoms. The maximum atomic E-state index is 11.9. The summed E-state index contributed by atoms with van der Waals surface area (Å²) in [5.41, 5.74) is 2.52. The smallest absolute Gasteiger partial charge is 0.220 e. The van der Waals surface area contributed by atoms with Gasteiger partial charge in [-0.25, -0.2) is 0 Å². The third kappa shape index (κ3) is 4.69. The van der Waals surface area contributed by atoms with Gasteiger partial charge in [-0.15, -0.1) is 0 Å². The molecular weight excluding hydrogens is 340 g/mol. The van der Waals surface area contributed by atoms with E-state index in [-0.39, 0.29) is 5.91 Å². The number of amides is 1. The van der Waals surface area contributed by atoms with Crippen LogP contribution in [0.4, 0.5) is 0 Å². The fourth-order valence-electron chi connectivity index (χ4n) is 3.82. The monoisotopic (exact) mass is 368 g/mol. The summed E-state index contributed by atoms with van der Waals surface area (Å²) in [6, 6.07) is 10.7. The number of aromatic nitrogens is 2. The van der Waals surface area contributed by atoms with E-state index >= 15 is 0 Å². The number of rotatable bonds is 8. The van der Waals surface area contributed by atoms with E-state index in [9.17, 15) is 4.79 Å². The maximum Gasteiger partial charge on any atom is 0.220 e. The van der Waals surface area contributed by atoms with Crippen LogP contribution >= 0.6 is 0 Å². The van der Waals surface area contributed by atoms with Crippen LogP contribution in [0.5, 0.6) is 5.75 Å². The van der Waals surface area contributed by atoms with Gasteiger partial charge in [-0.1, -0.05) is 12.1 Å². The number of nitrogens with zero attached hydrogens (tertiary/aromatic N) is 3. The lowest BCUT2D eigenvalue weighted by atomic mass is 10.1. The minimum absolute atomic E-state index is 0.198. The molecule has 0 radical (unpaired) electrons. The van der Waals surface area contributed by atoms with Crippen molar-refractivity contribution >= 4 is 5.91 Å². The summed E-state index contributed by atoms with van der Waals surface area (Å²) in [6.45, 7) is 3.46. The Balaban J connectivity index is 1.34. The lowest BCUT2D eigenvalue weighted by Gasteiger charge is -2.34. The van der Waals surface area contributed by atoms with Crippen molar-refractivity contribution in [2.75, 3.05) is 20.2 Å². The van der Waals surface area contributed by atoms with E-state index in [1.807, 2.05) is 18.3 Å². The van der Waals surface area contributed by atoms with Gasteiger partial charge in [-0.3, -0.25) is 14.4 Å². The molecule has 1 aromatic heterocycles. The second-order valence-electron chi connectivity index (χ2n) is 7.72. The highest BCUT2D eigenvalue weighted by Crippen LogP contribution is 2.32. The first-order chi connectivity index (χ1) is 13.2. The Labute approximate surface area is 160 Å². The average Bonchev–Trinajstić information content (AvgIpc) is 3.35. The van der Waals surface area contributed by atoms with Crippen molar-refractivity contribution in [1.29, 1.82) is 0 Å². The van der Waals surface area contributed by atoms with Crippen LogP contribution in [0.25, 0.3) is 0 Å². The third-order valence-electron chi connectivity index (χ3n) is 5.49. The number of benzene rings is 1. The minimum Gasteiger partial charge on any atom is -0.497 e. The molecule has 2 aliphatic rings. The second-order valence-corrected chi connectivity index (χ2v) is 7.72. The summed E-state index contributed by atoms with van der Waals surface area (Å²) in [4.78, 5) is 14.4. The predicted molar refractivity (Wildman–Crippen MR) is 103 cm³/mol. The molecule has 0 spiro atoms. The average molecular weight is 368 g/mol. The molecule has 0 saturated heterocycles. The highest BCUT2D eigenvalue weighted by atomic mass is 16.5. The second kappa shape index (κ2) is 8.13. The van der Waals surface area contributed by atoms with Crippen LogP contribution in [-0.2, 0) is 17.9 Å². The molecule has 2 heterocycles. The standard InChI is InChI=1S/C21H28N4O2/c1-27-20-6-4-17(5-7-20)13-24-14-18(25-19(15-24)9-11-23-25)8-10-22-21(26)12-16-2-3-16/h4-7,9,11,16,18H,2-3,8,10,12-15H2,1H3,(H,22,26). The zero-order valence-corrected chi connectivity index (χ0v) is 15.9. The minimum atomic E-state index is 0.198. The Morgan fingerprint density at radius 2 is 2.07 bits per heavy atom. The van der Waals surface area contributed by atoms with Crippen molar-refractivity contribution < 1.29 is 9.53 Å². The fraction of sp³-hybridized carbons (Fsp3) is 0.524. The quantitative estimate of drug-likeness (QED) is 0.778. The summed E-state index contributed by atoms with van der Waals surface area (Å²) in [7, 11) is 1.69. The third-order valence-corrected chi connectivity index (χ3v) is 5.49. The molecule has 1 unspecified atom stereocenters. The van der Waals surface area contributed by atoms with Crippen LogP contribution in [-0.4, -0.2) is 40.8 Å². The topological polar surface area (TPSA) is 59.4 Å². The zero-order valence-electron chi connectivity index (χ0n) is 15.9. The summed E-state index contributed by atoms with van der Waals surface area (Å²) >= 11 is 0. The number of fused-ring (bicyclic) bond motifs is 1. The Morgan fingerprint density at radius 1 is 1.26 bits per heavy atom. The maximum absolute atomic E-state index is 11.9. The number of hydrogen-bond acceptors (Lipinski definition) is 4. The number of carbonyl (C=O) groups is 1. The summed E-state index contributed by atoms with van der Waals surface area (Å²) in [5.74, 6) is 1.72. The van der Waals surface area contributed by atoms with Gasteiger partial charge < -0.3 is 10.1 Å². The highest BCUT2D eigenvalue weighted by molar-refractivity contribution is 5.76. The van der Waals surface area contributed by atoms with Crippen molar-refractivity contribution in [3.8, 4) is 5.75 Å². The van der Waals surface area contributed by atoms with E-state index in [1.165, 1.54) is 24.1 Å². The van der Waals surface area contributed by atoms with E-state index in [0.717, 1.165) is 31.8 Å². The normalized spacial score (nSPS) is 19.5. The number of hydrogen-bond donors (Lipinski definition) is 1. The lowest BCUT2D eigenvalue weighted by Crippen LogP contribution is -2.39. The Bertz CT molecular complexity index is 767. The molecule has 2 aromatic rings. The first-order valence-corrected chi connectivity index (χ1v) is 9.85.